The maximum atomic E-state index is 12.1. The number of hydrogen-bond donors (Lipinski definition) is 0. The van der Waals surface area contributed by atoms with Crippen molar-refractivity contribution < 1.29 is 19.1 Å². The van der Waals surface area contributed by atoms with Crippen molar-refractivity contribution in [3.05, 3.63) is 0 Å². The molecule has 5 heteroatoms. The lowest BCUT2D eigenvalue weighted by molar-refractivity contribution is -0.156. The molecule has 0 aromatic heterocycles. The first-order chi connectivity index (χ1) is 8.58. The lowest BCUT2D eigenvalue weighted by Gasteiger charge is -2.23. The molecule has 2 aliphatic carbocycles. The molecule has 0 unspecified atom stereocenters. The lowest BCUT2D eigenvalue weighted by atomic mass is 9.80. The number of carbonyl (C=O) groups excluding carboxylic acids is 2. The van der Waals surface area contributed by atoms with Gasteiger partial charge in [-0.15, -0.1) is 0 Å². The summed E-state index contributed by atoms with van der Waals surface area (Å²) in [7, 11) is 3.87. The molecule has 1 saturated heterocycles. The van der Waals surface area contributed by atoms with E-state index in [2.05, 4.69) is 0 Å². The average Bonchev–Trinajstić information content (AvgIpc) is 2.88. The Kier molecular flexibility index (Phi) is 2.81. The van der Waals surface area contributed by atoms with Crippen molar-refractivity contribution in [1.29, 1.82) is 0 Å². The molecule has 5 atom stereocenters. The quantitative estimate of drug-likeness (QED) is 0.674. The van der Waals surface area contributed by atoms with Crippen LogP contribution in [0.25, 0.3) is 0 Å². The van der Waals surface area contributed by atoms with Gasteiger partial charge in [-0.05, 0) is 32.9 Å². The van der Waals surface area contributed by atoms with Gasteiger partial charge in [0.05, 0.1) is 11.8 Å². The van der Waals surface area contributed by atoms with Crippen molar-refractivity contribution in [1.82, 2.24) is 4.90 Å². The Balaban J connectivity index is 1.63. The average molecular weight is 253 g/mol. The molecule has 0 radical (unpaired) electrons. The maximum Gasteiger partial charge on any atom is 0.310 e. The van der Waals surface area contributed by atoms with Gasteiger partial charge in [-0.3, -0.25) is 9.59 Å². The van der Waals surface area contributed by atoms with Crippen LogP contribution in [0.4, 0.5) is 0 Å². The van der Waals surface area contributed by atoms with Crippen LogP contribution in [0.15, 0.2) is 0 Å². The topological polar surface area (TPSA) is 55.8 Å². The third kappa shape index (κ3) is 1.72. The van der Waals surface area contributed by atoms with Crippen LogP contribution in [-0.4, -0.2) is 50.2 Å². The van der Waals surface area contributed by atoms with Crippen LogP contribution in [-0.2, 0) is 19.1 Å². The van der Waals surface area contributed by atoms with E-state index in [9.17, 15) is 9.59 Å². The molecule has 3 aliphatic rings. The van der Waals surface area contributed by atoms with Crippen molar-refractivity contribution >= 4 is 11.9 Å². The number of esters is 2. The Bertz CT molecular complexity index is 379. The van der Waals surface area contributed by atoms with E-state index in [0.717, 1.165) is 12.8 Å². The molecule has 0 N–H and O–H groups in total. The summed E-state index contributed by atoms with van der Waals surface area (Å²) in [5, 5.41) is 0. The van der Waals surface area contributed by atoms with Crippen molar-refractivity contribution in [3.8, 4) is 0 Å². The first kappa shape index (κ1) is 12.0. The number of rotatable bonds is 4. The zero-order valence-electron chi connectivity index (χ0n) is 10.8. The van der Waals surface area contributed by atoms with Gasteiger partial charge in [0.2, 0.25) is 0 Å². The molecule has 0 amide bonds. The van der Waals surface area contributed by atoms with Crippen molar-refractivity contribution in [2.75, 3.05) is 27.2 Å². The van der Waals surface area contributed by atoms with Crippen LogP contribution >= 0.6 is 0 Å². The molecular formula is C13H19NO4. The van der Waals surface area contributed by atoms with Gasteiger partial charge in [-0.2, -0.15) is 0 Å². The van der Waals surface area contributed by atoms with Gasteiger partial charge in [-0.25, -0.2) is 0 Å². The Morgan fingerprint density at radius 1 is 1.44 bits per heavy atom. The highest BCUT2D eigenvalue weighted by Crippen LogP contribution is 2.57. The normalized spacial score (nSPS) is 40.4. The fourth-order valence-electron chi connectivity index (χ4n) is 3.75. The van der Waals surface area contributed by atoms with Crippen LogP contribution in [0.5, 0.6) is 0 Å². The summed E-state index contributed by atoms with van der Waals surface area (Å²) in [6, 6.07) is 0. The SMILES string of the molecule is CN(C)CCOC(=O)[C@@H]1[C@H]2C[C@@H]3[C@@H]1C(=O)O[C@@H]3C2. The van der Waals surface area contributed by atoms with Crippen LogP contribution in [0.3, 0.4) is 0 Å². The second-order valence-electron chi connectivity index (χ2n) is 5.89. The molecule has 2 saturated carbocycles. The van der Waals surface area contributed by atoms with E-state index >= 15 is 0 Å². The van der Waals surface area contributed by atoms with Crippen molar-refractivity contribution in [2.45, 2.75) is 18.9 Å². The van der Waals surface area contributed by atoms with Crippen molar-refractivity contribution in [3.63, 3.8) is 0 Å². The van der Waals surface area contributed by atoms with E-state index < -0.39 is 0 Å². The summed E-state index contributed by atoms with van der Waals surface area (Å²) in [5.74, 6) is -0.285. The maximum absolute atomic E-state index is 12.1. The molecule has 2 bridgehead atoms. The van der Waals surface area contributed by atoms with E-state index in [-0.39, 0.29) is 35.8 Å². The Morgan fingerprint density at radius 2 is 2.22 bits per heavy atom. The largest absolute Gasteiger partial charge is 0.464 e. The highest BCUT2D eigenvalue weighted by molar-refractivity contribution is 5.85. The molecule has 3 rings (SSSR count). The van der Waals surface area contributed by atoms with Crippen LogP contribution in [0.1, 0.15) is 12.8 Å². The van der Waals surface area contributed by atoms with Gasteiger partial charge >= 0.3 is 11.9 Å². The summed E-state index contributed by atoms with van der Waals surface area (Å²) >= 11 is 0. The molecule has 0 spiro atoms. The predicted molar refractivity (Wildman–Crippen MR) is 62.6 cm³/mol. The van der Waals surface area contributed by atoms with Crippen LogP contribution < -0.4 is 0 Å². The van der Waals surface area contributed by atoms with Gasteiger partial charge in [0.1, 0.15) is 12.7 Å². The van der Waals surface area contributed by atoms with Gasteiger partial charge in [0.25, 0.3) is 0 Å². The van der Waals surface area contributed by atoms with Crippen LogP contribution in [0, 0.1) is 23.7 Å². The number of nitrogens with zero attached hydrogens (tertiary/aromatic N) is 1. The number of fused-ring (bicyclic) bond motifs is 1. The molecule has 1 heterocycles. The summed E-state index contributed by atoms with van der Waals surface area (Å²) in [5.41, 5.74) is 0. The van der Waals surface area contributed by atoms with E-state index in [1.807, 2.05) is 19.0 Å². The summed E-state index contributed by atoms with van der Waals surface area (Å²) in [6.07, 6.45) is 1.88. The first-order valence-electron chi connectivity index (χ1n) is 6.60. The minimum Gasteiger partial charge on any atom is -0.464 e. The Morgan fingerprint density at radius 3 is 2.94 bits per heavy atom. The Labute approximate surface area is 106 Å². The number of likely N-dealkylation sites (N-methyl/N-ethyl adjacent to an activating group) is 1. The fraction of sp³-hybridized carbons (Fsp3) is 0.846. The summed E-state index contributed by atoms with van der Waals surface area (Å²) < 4.78 is 10.6. The highest BCUT2D eigenvalue weighted by Gasteiger charge is 2.64. The van der Waals surface area contributed by atoms with Gasteiger partial charge in [-0.1, -0.05) is 0 Å². The third-order valence-corrected chi connectivity index (χ3v) is 4.54. The molecule has 5 nitrogen and oxygen atoms in total. The van der Waals surface area contributed by atoms with Gasteiger partial charge < -0.3 is 14.4 Å². The lowest BCUT2D eigenvalue weighted by Crippen LogP contribution is -2.34. The Hall–Kier alpha value is -1.10. The first-order valence-corrected chi connectivity index (χ1v) is 6.60. The third-order valence-electron chi connectivity index (χ3n) is 4.54. The molecule has 3 fully saturated rings. The standard InChI is InChI=1S/C13H19NO4/c1-14(2)3-4-17-12(15)10-7-5-8-9(6-7)18-13(16)11(8)10/h7-11H,3-6H2,1-2H3/t7-,8-,9+,10+,11-/m0/s1. The molecule has 0 aromatic carbocycles. The minimum absolute atomic E-state index is 0.0818. The summed E-state index contributed by atoms with van der Waals surface area (Å²) in [4.78, 5) is 25.8. The van der Waals surface area contributed by atoms with Crippen LogP contribution in [0.2, 0.25) is 0 Å². The monoisotopic (exact) mass is 253 g/mol. The number of hydrogen-bond acceptors (Lipinski definition) is 5. The van der Waals surface area contributed by atoms with E-state index in [0.29, 0.717) is 19.1 Å². The smallest absolute Gasteiger partial charge is 0.310 e. The fourth-order valence-corrected chi connectivity index (χ4v) is 3.75. The molecule has 18 heavy (non-hydrogen) atoms. The zero-order chi connectivity index (χ0) is 12.9. The van der Waals surface area contributed by atoms with E-state index in [1.54, 1.807) is 0 Å². The highest BCUT2D eigenvalue weighted by atomic mass is 16.6. The molecular weight excluding hydrogens is 234 g/mol. The zero-order valence-corrected chi connectivity index (χ0v) is 10.8. The predicted octanol–water partition coefficient (Wildman–Crippen LogP) is 0.289. The van der Waals surface area contributed by atoms with Gasteiger partial charge in [0, 0.05) is 12.5 Å². The van der Waals surface area contributed by atoms with Gasteiger partial charge in [0.15, 0.2) is 0 Å². The van der Waals surface area contributed by atoms with E-state index in [1.165, 1.54) is 0 Å². The second kappa shape index (κ2) is 4.23. The number of carbonyl (C=O) groups is 2. The second-order valence-corrected chi connectivity index (χ2v) is 5.89. The summed E-state index contributed by atoms with van der Waals surface area (Å²) in [6.45, 7) is 1.11. The molecule has 100 valence electrons. The number of ether oxygens (including phenoxy) is 2. The van der Waals surface area contributed by atoms with Crippen molar-refractivity contribution in [2.24, 2.45) is 23.7 Å². The molecule has 0 aromatic rings. The van der Waals surface area contributed by atoms with E-state index in [4.69, 9.17) is 9.47 Å². The minimum atomic E-state index is -0.247. The molecule has 1 aliphatic heterocycles.